The van der Waals surface area contributed by atoms with Crippen molar-refractivity contribution in [2.45, 2.75) is 47.2 Å². The van der Waals surface area contributed by atoms with Crippen LogP contribution in [0.3, 0.4) is 0 Å². The molecule has 7 atom stereocenters. The van der Waals surface area contributed by atoms with Gasteiger partial charge in [-0.05, 0) is 12.3 Å². The van der Waals surface area contributed by atoms with Crippen molar-refractivity contribution in [1.29, 1.82) is 0 Å². The molecule has 4 heterocycles. The maximum atomic E-state index is 13.9. The van der Waals surface area contributed by atoms with Crippen LogP contribution in [0.4, 0.5) is 0 Å². The first-order valence-corrected chi connectivity index (χ1v) is 13.6. The van der Waals surface area contributed by atoms with Crippen LogP contribution >= 0.6 is 27.7 Å². The number of rotatable bonds is 8. The lowest BCUT2D eigenvalue weighted by Crippen LogP contribution is -2.58. The van der Waals surface area contributed by atoms with Gasteiger partial charge in [-0.2, -0.15) is 0 Å². The molecule has 3 N–H and O–H groups in total. The fourth-order valence-electron chi connectivity index (χ4n) is 6.07. The number of halogens is 1. The van der Waals surface area contributed by atoms with Gasteiger partial charge in [0, 0.05) is 43.3 Å². The van der Waals surface area contributed by atoms with Crippen molar-refractivity contribution in [3.63, 3.8) is 0 Å². The molecule has 0 aromatic rings. The number of likely N-dealkylation sites (tertiary alicyclic amines) is 1. The molecule has 4 aliphatic heterocycles. The van der Waals surface area contributed by atoms with Crippen LogP contribution in [0.2, 0.25) is 0 Å². The van der Waals surface area contributed by atoms with Gasteiger partial charge in [-0.25, -0.2) is 0 Å². The third kappa shape index (κ3) is 4.22. The summed E-state index contributed by atoms with van der Waals surface area (Å²) in [5, 5.41) is 15.9. The van der Waals surface area contributed by atoms with E-state index < -0.39 is 28.7 Å². The zero-order valence-corrected chi connectivity index (χ0v) is 21.9. The summed E-state index contributed by atoms with van der Waals surface area (Å²) in [6, 6.07) is -1.20. The molecular weight excluding hydrogens is 512 g/mol. The van der Waals surface area contributed by atoms with Crippen molar-refractivity contribution in [3.05, 3.63) is 0 Å². The first-order valence-electron chi connectivity index (χ1n) is 11.8. The van der Waals surface area contributed by atoms with E-state index >= 15 is 0 Å². The lowest BCUT2D eigenvalue weighted by Gasteiger charge is -2.38. The Balaban J connectivity index is 1.62. The van der Waals surface area contributed by atoms with Gasteiger partial charge in [0.2, 0.25) is 17.7 Å². The van der Waals surface area contributed by atoms with Gasteiger partial charge in [-0.1, -0.05) is 29.8 Å². The van der Waals surface area contributed by atoms with Gasteiger partial charge in [-0.15, -0.1) is 11.8 Å². The summed E-state index contributed by atoms with van der Waals surface area (Å²) in [6.45, 7) is 7.94. The Kier molecular flexibility index (Phi) is 7.65. The molecule has 33 heavy (non-hydrogen) atoms. The minimum atomic E-state index is -0.719. The van der Waals surface area contributed by atoms with Gasteiger partial charge in [0.05, 0.1) is 42.4 Å². The molecule has 9 nitrogen and oxygen atoms in total. The molecule has 0 aromatic heterocycles. The molecular formula is C22H35BrN4O5S. The van der Waals surface area contributed by atoms with Crippen molar-refractivity contribution >= 4 is 45.4 Å². The number of fused-ring (bicyclic) bond motifs is 1. The van der Waals surface area contributed by atoms with Crippen molar-refractivity contribution < 1.29 is 24.2 Å². The lowest BCUT2D eigenvalue weighted by atomic mass is 9.70. The zero-order valence-electron chi connectivity index (χ0n) is 19.5. The maximum Gasteiger partial charge on any atom is 0.244 e. The van der Waals surface area contributed by atoms with Gasteiger partial charge in [-0.3, -0.25) is 19.3 Å². The zero-order chi connectivity index (χ0) is 23.9. The Morgan fingerprint density at radius 2 is 2.00 bits per heavy atom. The molecule has 0 radical (unpaired) electrons. The Morgan fingerprint density at radius 3 is 2.61 bits per heavy atom. The molecule has 4 rings (SSSR count). The van der Waals surface area contributed by atoms with Crippen LogP contribution in [0.15, 0.2) is 0 Å². The van der Waals surface area contributed by atoms with Crippen molar-refractivity contribution in [2.75, 3.05) is 53.0 Å². The Labute approximate surface area is 207 Å². The second kappa shape index (κ2) is 10.0. The molecule has 1 spiro atoms. The molecule has 4 saturated heterocycles. The second-order valence-corrected chi connectivity index (χ2v) is 12.5. The number of aliphatic hydroxyl groups is 1. The van der Waals surface area contributed by atoms with Gasteiger partial charge in [0.1, 0.15) is 6.04 Å². The number of hydrogen-bond donors (Lipinski definition) is 3. The summed E-state index contributed by atoms with van der Waals surface area (Å²) >= 11 is 5.35. The van der Waals surface area contributed by atoms with E-state index in [1.165, 1.54) is 0 Å². The van der Waals surface area contributed by atoms with E-state index in [2.05, 4.69) is 31.5 Å². The molecule has 186 valence electrons. The Hall–Kier alpha value is -0.880. The summed E-state index contributed by atoms with van der Waals surface area (Å²) in [7, 11) is 1.59. The third-order valence-electron chi connectivity index (χ3n) is 7.67. The number of nitrogens with zero attached hydrogens (tertiary/aromatic N) is 2. The number of carbonyl (C=O) groups is 3. The summed E-state index contributed by atoms with van der Waals surface area (Å²) < 4.78 is 4.70. The summed E-state index contributed by atoms with van der Waals surface area (Å²) in [5.41, 5.74) is 0. The van der Waals surface area contributed by atoms with Gasteiger partial charge >= 0.3 is 0 Å². The monoisotopic (exact) mass is 546 g/mol. The van der Waals surface area contributed by atoms with E-state index in [0.29, 0.717) is 26.2 Å². The second-order valence-electron chi connectivity index (χ2n) is 9.76. The van der Waals surface area contributed by atoms with E-state index in [4.69, 9.17) is 4.74 Å². The first-order chi connectivity index (χ1) is 15.8. The number of ether oxygens (including phenoxy) is 1. The van der Waals surface area contributed by atoms with E-state index in [9.17, 15) is 19.5 Å². The number of alkyl halides is 1. The van der Waals surface area contributed by atoms with Crippen LogP contribution in [0, 0.1) is 17.8 Å². The maximum absolute atomic E-state index is 13.9. The predicted octanol–water partition coefficient (Wildman–Crippen LogP) is -0.338. The summed E-state index contributed by atoms with van der Waals surface area (Å²) in [4.78, 5) is 44.3. The number of carbonyl (C=O) groups excluding carboxylic acids is 3. The molecule has 0 aromatic carbocycles. The van der Waals surface area contributed by atoms with Crippen molar-refractivity contribution in [2.24, 2.45) is 17.8 Å². The highest BCUT2D eigenvalue weighted by atomic mass is 79.9. The fourth-order valence-corrected chi connectivity index (χ4v) is 9.67. The molecule has 0 saturated carbocycles. The van der Waals surface area contributed by atoms with Gasteiger partial charge in [0.25, 0.3) is 0 Å². The van der Waals surface area contributed by atoms with Crippen LogP contribution in [0.25, 0.3) is 0 Å². The van der Waals surface area contributed by atoms with Crippen LogP contribution in [-0.2, 0) is 19.1 Å². The molecule has 3 unspecified atom stereocenters. The van der Waals surface area contributed by atoms with Crippen LogP contribution in [0.1, 0.15) is 20.3 Å². The van der Waals surface area contributed by atoms with E-state index in [1.54, 1.807) is 23.7 Å². The van der Waals surface area contributed by atoms with Crippen LogP contribution < -0.4 is 10.6 Å². The summed E-state index contributed by atoms with van der Waals surface area (Å²) in [6.07, 6.45) is 0.639. The normalized spacial score (nSPS) is 36.8. The molecule has 11 heteroatoms. The average molecular weight is 548 g/mol. The highest BCUT2D eigenvalue weighted by molar-refractivity contribution is 9.09. The quantitative estimate of drug-likeness (QED) is 0.357. The molecule has 3 amide bonds. The number of morpholine rings is 1. The molecule has 0 aliphatic carbocycles. The van der Waals surface area contributed by atoms with Gasteiger partial charge in [0.15, 0.2) is 0 Å². The van der Waals surface area contributed by atoms with Crippen molar-refractivity contribution in [3.8, 4) is 0 Å². The fraction of sp³-hybridized carbons (Fsp3) is 0.864. The van der Waals surface area contributed by atoms with E-state index in [0.717, 1.165) is 19.6 Å². The largest absolute Gasteiger partial charge is 0.394 e. The Bertz CT molecular complexity index is 782. The van der Waals surface area contributed by atoms with Crippen molar-refractivity contribution in [1.82, 2.24) is 20.4 Å². The smallest absolute Gasteiger partial charge is 0.244 e. The first kappa shape index (κ1) is 25.2. The molecule has 4 fully saturated rings. The van der Waals surface area contributed by atoms with Crippen LogP contribution in [0.5, 0.6) is 0 Å². The van der Waals surface area contributed by atoms with E-state index in [1.807, 2.05) is 13.8 Å². The van der Waals surface area contributed by atoms with Crippen LogP contribution in [-0.4, -0.2) is 113 Å². The molecule has 4 aliphatic rings. The average Bonchev–Trinajstić information content (AvgIpc) is 3.38. The SMILES string of the molecule is CNC(=O)[C@H]1[C@@H]2SC3(CC2Br)C(C(=O)NCCN2CCOCC2)N([C@@H](CO)C(C)C)C(=O)[C@H]13. The third-order valence-corrected chi connectivity index (χ3v) is 10.9. The number of hydrogen-bond acceptors (Lipinski definition) is 7. The number of aliphatic hydroxyl groups excluding tert-OH is 1. The minimum absolute atomic E-state index is 0.0294. The highest BCUT2D eigenvalue weighted by Crippen LogP contribution is 2.68. The minimum Gasteiger partial charge on any atom is -0.394 e. The highest BCUT2D eigenvalue weighted by Gasteiger charge is 2.76. The lowest BCUT2D eigenvalue weighted by molar-refractivity contribution is -0.143. The van der Waals surface area contributed by atoms with Gasteiger partial charge < -0.3 is 25.4 Å². The standard InChI is InChI=1S/C22H35BrN4O5S/c1-12(2)14(11-28)27-18(20(30)25-4-5-26-6-8-32-9-7-26)22-10-13(23)17(33-22)15(19(29)24-3)16(22)21(27)31/h12-18,28H,4-11H2,1-3H3,(H,24,29)(H,25,30)/t13?,14-,15+,16-,17+,18?,22?/m0/s1. The Morgan fingerprint density at radius 1 is 1.30 bits per heavy atom. The number of thioether (sulfide) groups is 1. The number of nitrogens with one attached hydrogen (secondary N) is 2. The van der Waals surface area contributed by atoms with E-state index in [-0.39, 0.29) is 40.3 Å². The number of amides is 3. The molecule has 2 bridgehead atoms. The summed E-state index contributed by atoms with van der Waals surface area (Å²) in [5.74, 6) is -1.62. The topological polar surface area (TPSA) is 111 Å². The predicted molar refractivity (Wildman–Crippen MR) is 129 cm³/mol.